The molecule has 0 spiro atoms. The number of fused-ring (bicyclic) bond motifs is 1. The number of carbonyl (C=O) groups excluding carboxylic acids is 1. The maximum atomic E-state index is 13.3. The number of hydrogen-bond acceptors (Lipinski definition) is 5. The van der Waals surface area contributed by atoms with Gasteiger partial charge < -0.3 is 14.5 Å². The van der Waals surface area contributed by atoms with Crippen molar-refractivity contribution in [3.8, 4) is 17.0 Å². The molecule has 1 amide bonds. The molecule has 0 saturated carbocycles. The van der Waals surface area contributed by atoms with Crippen molar-refractivity contribution in [2.45, 2.75) is 13.3 Å². The zero-order chi connectivity index (χ0) is 19.7. The highest BCUT2D eigenvalue weighted by Crippen LogP contribution is 2.31. The van der Waals surface area contributed by atoms with Crippen molar-refractivity contribution >= 4 is 28.0 Å². The van der Waals surface area contributed by atoms with Gasteiger partial charge in [-0.1, -0.05) is 0 Å². The molecule has 1 aromatic carbocycles. The van der Waals surface area contributed by atoms with Gasteiger partial charge >= 0.3 is 0 Å². The summed E-state index contributed by atoms with van der Waals surface area (Å²) in [4.78, 5) is 22.3. The Morgan fingerprint density at radius 3 is 2.71 bits per heavy atom. The topological polar surface area (TPSA) is 68.5 Å². The minimum atomic E-state index is -0.356. The maximum absolute atomic E-state index is 13.3. The van der Waals surface area contributed by atoms with Crippen molar-refractivity contribution in [3.05, 3.63) is 65.2 Å². The summed E-state index contributed by atoms with van der Waals surface area (Å²) in [5.41, 5.74) is 2.94. The predicted octanol–water partition coefficient (Wildman–Crippen LogP) is 4.10. The Balaban J connectivity index is 1.48. The number of halogens is 1. The third-order valence-corrected chi connectivity index (χ3v) is 5.10. The number of pyridine rings is 1. The summed E-state index contributed by atoms with van der Waals surface area (Å²) >= 11 is 1.42. The molecule has 0 radical (unpaired) electrons. The van der Waals surface area contributed by atoms with E-state index in [9.17, 15) is 9.18 Å². The summed E-state index contributed by atoms with van der Waals surface area (Å²) in [5, 5.41) is 3.35. The number of amides is 1. The first kappa shape index (κ1) is 18.1. The van der Waals surface area contributed by atoms with Crippen LogP contribution in [0, 0.1) is 12.7 Å². The van der Waals surface area contributed by atoms with E-state index in [-0.39, 0.29) is 18.1 Å². The maximum Gasteiger partial charge on any atom is 0.232 e. The van der Waals surface area contributed by atoms with E-state index < -0.39 is 0 Å². The Labute approximate surface area is 164 Å². The molecule has 0 atom stereocenters. The molecule has 0 fully saturated rings. The van der Waals surface area contributed by atoms with Gasteiger partial charge in [0.05, 0.1) is 24.9 Å². The molecular weight excluding hydrogens is 379 g/mol. The van der Waals surface area contributed by atoms with Crippen molar-refractivity contribution in [1.29, 1.82) is 0 Å². The van der Waals surface area contributed by atoms with Gasteiger partial charge in [0.25, 0.3) is 0 Å². The highest BCUT2D eigenvalue weighted by atomic mass is 32.1. The fourth-order valence-electron chi connectivity index (χ4n) is 2.90. The van der Waals surface area contributed by atoms with E-state index in [0.29, 0.717) is 16.5 Å². The molecule has 1 N–H and O–H groups in total. The van der Waals surface area contributed by atoms with Crippen LogP contribution in [0.2, 0.25) is 0 Å². The van der Waals surface area contributed by atoms with E-state index in [4.69, 9.17) is 4.74 Å². The smallest absolute Gasteiger partial charge is 0.232 e. The van der Waals surface area contributed by atoms with Gasteiger partial charge in [-0.05, 0) is 43.3 Å². The van der Waals surface area contributed by atoms with Crippen LogP contribution in [-0.4, -0.2) is 27.4 Å². The highest BCUT2D eigenvalue weighted by molar-refractivity contribution is 7.16. The number of carbonyl (C=O) groups is 1. The lowest BCUT2D eigenvalue weighted by Gasteiger charge is -2.02. The molecule has 0 saturated heterocycles. The van der Waals surface area contributed by atoms with Crippen LogP contribution >= 0.6 is 11.3 Å². The molecule has 4 aromatic rings. The van der Waals surface area contributed by atoms with Gasteiger partial charge in [0.1, 0.15) is 17.2 Å². The highest BCUT2D eigenvalue weighted by Gasteiger charge is 2.14. The van der Waals surface area contributed by atoms with Gasteiger partial charge in [0, 0.05) is 22.8 Å². The molecule has 0 unspecified atom stereocenters. The van der Waals surface area contributed by atoms with E-state index in [0.717, 1.165) is 21.9 Å². The Hall–Kier alpha value is -3.26. The minimum Gasteiger partial charge on any atom is -0.497 e. The number of nitrogens with zero attached hydrogens (tertiary/aromatic N) is 3. The Kier molecular flexibility index (Phi) is 4.79. The first-order valence-corrected chi connectivity index (χ1v) is 9.38. The summed E-state index contributed by atoms with van der Waals surface area (Å²) in [5.74, 6) is 0.196. The summed E-state index contributed by atoms with van der Waals surface area (Å²) in [6, 6.07) is 10.5. The summed E-state index contributed by atoms with van der Waals surface area (Å²) < 4.78 is 20.0. The Morgan fingerprint density at radius 2 is 1.96 bits per heavy atom. The molecular formula is C20H17FN4O2S. The lowest BCUT2D eigenvalue weighted by atomic mass is 10.1. The second kappa shape index (κ2) is 7.40. The molecule has 4 rings (SSSR count). The average molecular weight is 396 g/mol. The molecule has 6 nitrogen and oxygen atoms in total. The molecule has 0 aliphatic carbocycles. The van der Waals surface area contributed by atoms with Crippen LogP contribution in [-0.2, 0) is 11.2 Å². The van der Waals surface area contributed by atoms with E-state index in [1.165, 1.54) is 23.6 Å². The van der Waals surface area contributed by atoms with Crippen LogP contribution in [0.1, 0.15) is 10.6 Å². The summed E-state index contributed by atoms with van der Waals surface area (Å²) in [6.07, 6.45) is 3.06. The standard InChI is InChI=1S/C20H17FN4O2S/c1-12-19(13-3-6-16(27-2)7-4-13)24-20(28-12)23-18(26)9-15-11-25-10-14(21)5-8-17(25)22-15/h3-8,10-11H,9H2,1-2H3,(H,23,24,26). The fraction of sp³-hybridized carbons (Fsp3) is 0.150. The molecule has 3 aromatic heterocycles. The van der Waals surface area contributed by atoms with Gasteiger partial charge in [0.2, 0.25) is 5.91 Å². The summed E-state index contributed by atoms with van der Waals surface area (Å²) in [7, 11) is 1.62. The van der Waals surface area contributed by atoms with Gasteiger partial charge in [-0.15, -0.1) is 11.3 Å². The van der Waals surface area contributed by atoms with Crippen LogP contribution in [0.3, 0.4) is 0 Å². The SMILES string of the molecule is COc1ccc(-c2nc(NC(=O)Cc3cn4cc(F)ccc4n3)sc2C)cc1. The zero-order valence-corrected chi connectivity index (χ0v) is 16.1. The van der Waals surface area contributed by atoms with Crippen molar-refractivity contribution in [3.63, 3.8) is 0 Å². The molecule has 28 heavy (non-hydrogen) atoms. The number of hydrogen-bond donors (Lipinski definition) is 1. The first-order chi connectivity index (χ1) is 13.5. The summed E-state index contributed by atoms with van der Waals surface area (Å²) in [6.45, 7) is 1.96. The largest absolute Gasteiger partial charge is 0.497 e. The van der Waals surface area contributed by atoms with Gasteiger partial charge in [-0.2, -0.15) is 0 Å². The normalized spacial score (nSPS) is 11.0. The van der Waals surface area contributed by atoms with Crippen molar-refractivity contribution in [1.82, 2.24) is 14.4 Å². The first-order valence-electron chi connectivity index (χ1n) is 8.56. The quantitative estimate of drug-likeness (QED) is 0.552. The third kappa shape index (κ3) is 3.72. The second-order valence-corrected chi connectivity index (χ2v) is 7.43. The number of imidazole rings is 1. The van der Waals surface area contributed by atoms with Gasteiger partial charge in [-0.25, -0.2) is 14.4 Å². The van der Waals surface area contributed by atoms with Crippen LogP contribution in [0.4, 0.5) is 9.52 Å². The van der Waals surface area contributed by atoms with Crippen molar-refractivity contribution < 1.29 is 13.9 Å². The van der Waals surface area contributed by atoms with E-state index >= 15 is 0 Å². The molecule has 0 aliphatic heterocycles. The number of ether oxygens (including phenoxy) is 1. The molecule has 3 heterocycles. The lowest BCUT2D eigenvalue weighted by Crippen LogP contribution is -2.14. The van der Waals surface area contributed by atoms with E-state index in [1.54, 1.807) is 23.8 Å². The van der Waals surface area contributed by atoms with Crippen LogP contribution in [0.15, 0.2) is 48.8 Å². The number of anilines is 1. The monoisotopic (exact) mass is 396 g/mol. The molecule has 0 bridgehead atoms. The number of benzene rings is 1. The fourth-order valence-corrected chi connectivity index (χ4v) is 3.75. The van der Waals surface area contributed by atoms with Crippen molar-refractivity contribution in [2.24, 2.45) is 0 Å². The minimum absolute atomic E-state index is 0.0831. The number of nitrogens with one attached hydrogen (secondary N) is 1. The predicted molar refractivity (Wildman–Crippen MR) is 106 cm³/mol. The van der Waals surface area contributed by atoms with E-state index in [2.05, 4.69) is 15.3 Å². The Morgan fingerprint density at radius 1 is 1.18 bits per heavy atom. The van der Waals surface area contributed by atoms with Crippen LogP contribution in [0.25, 0.3) is 16.9 Å². The molecule has 8 heteroatoms. The molecule has 0 aliphatic rings. The van der Waals surface area contributed by atoms with Crippen LogP contribution in [0.5, 0.6) is 5.75 Å². The van der Waals surface area contributed by atoms with Gasteiger partial charge in [-0.3, -0.25) is 4.79 Å². The second-order valence-electron chi connectivity index (χ2n) is 6.22. The number of rotatable bonds is 5. The van der Waals surface area contributed by atoms with Crippen molar-refractivity contribution in [2.75, 3.05) is 12.4 Å². The van der Waals surface area contributed by atoms with Crippen LogP contribution < -0.4 is 10.1 Å². The number of aryl methyl sites for hydroxylation is 1. The third-order valence-electron chi connectivity index (χ3n) is 4.21. The molecule has 142 valence electrons. The number of methoxy groups -OCH3 is 1. The van der Waals surface area contributed by atoms with E-state index in [1.807, 2.05) is 31.2 Å². The van der Waals surface area contributed by atoms with Gasteiger partial charge in [0.15, 0.2) is 5.13 Å². The average Bonchev–Trinajstić information content (AvgIpc) is 3.23. The lowest BCUT2D eigenvalue weighted by molar-refractivity contribution is -0.115. The number of thiazole rings is 1. The number of aromatic nitrogens is 3. The zero-order valence-electron chi connectivity index (χ0n) is 15.3. The Bertz CT molecular complexity index is 1150.